The molecule has 1 atom stereocenters. The average molecular weight is 345 g/mol. The molecule has 7 heteroatoms. The predicted molar refractivity (Wildman–Crippen MR) is 91.6 cm³/mol. The van der Waals surface area contributed by atoms with Crippen LogP contribution in [0.25, 0.3) is 6.08 Å². The predicted octanol–water partition coefficient (Wildman–Crippen LogP) is 2.30. The zero-order valence-electron chi connectivity index (χ0n) is 14.6. The topological polar surface area (TPSA) is 78.5 Å². The summed E-state index contributed by atoms with van der Waals surface area (Å²) in [6, 6.07) is 2.23. The van der Waals surface area contributed by atoms with E-state index in [4.69, 9.17) is 0 Å². The van der Waals surface area contributed by atoms with Crippen LogP contribution in [0.2, 0.25) is 0 Å². The number of carbonyl (C=O) groups is 3. The molecule has 1 fully saturated rings. The number of hydrogen-bond acceptors (Lipinski definition) is 4. The lowest BCUT2D eigenvalue weighted by Gasteiger charge is -2.45. The molecule has 1 unspecified atom stereocenters. The normalized spacial score (nSPS) is 22.3. The lowest BCUT2D eigenvalue weighted by molar-refractivity contribution is -0.123. The van der Waals surface area contributed by atoms with Crippen LogP contribution in [0, 0.1) is 5.82 Å². The summed E-state index contributed by atoms with van der Waals surface area (Å²) in [5.74, 6) is -2.00. The quantitative estimate of drug-likeness (QED) is 0.605. The van der Waals surface area contributed by atoms with Gasteiger partial charge in [0.2, 0.25) is 0 Å². The number of fused-ring (bicyclic) bond motifs is 1. The maximum Gasteiger partial charge on any atom is 0.328 e. The van der Waals surface area contributed by atoms with Crippen LogP contribution in [0.1, 0.15) is 44.2 Å². The molecule has 0 radical (unpaired) electrons. The largest absolute Gasteiger partial charge is 0.369 e. The Balaban J connectivity index is 2.07. The molecule has 25 heavy (non-hydrogen) atoms. The van der Waals surface area contributed by atoms with E-state index in [0.29, 0.717) is 0 Å². The molecular weight excluding hydrogens is 325 g/mol. The van der Waals surface area contributed by atoms with Crippen LogP contribution in [-0.4, -0.2) is 30.4 Å². The number of benzene rings is 1. The summed E-state index contributed by atoms with van der Waals surface area (Å²) in [5.41, 5.74) is 1.52. The molecule has 0 saturated carbocycles. The molecule has 1 saturated heterocycles. The number of rotatable bonds is 1. The summed E-state index contributed by atoms with van der Waals surface area (Å²) in [6.45, 7) is 6.28. The highest BCUT2D eigenvalue weighted by Gasteiger charge is 2.35. The zero-order valence-corrected chi connectivity index (χ0v) is 14.6. The SMILES string of the molecule is CC1CC(C)(C)N(C)c2cc(F)c(C=C3C(=O)NC(=O)NC3=O)cc21. The van der Waals surface area contributed by atoms with E-state index in [-0.39, 0.29) is 22.6 Å². The van der Waals surface area contributed by atoms with Gasteiger partial charge >= 0.3 is 6.03 Å². The monoisotopic (exact) mass is 345 g/mol. The van der Waals surface area contributed by atoms with Crippen molar-refractivity contribution in [1.29, 1.82) is 0 Å². The molecule has 2 N–H and O–H groups in total. The molecule has 0 bridgehead atoms. The molecule has 6 nitrogen and oxygen atoms in total. The summed E-state index contributed by atoms with van der Waals surface area (Å²) in [7, 11) is 1.93. The van der Waals surface area contributed by atoms with Crippen LogP contribution >= 0.6 is 0 Å². The van der Waals surface area contributed by atoms with Gasteiger partial charge in [0.1, 0.15) is 11.4 Å². The third kappa shape index (κ3) is 2.90. The Kier molecular flexibility index (Phi) is 3.89. The number of barbiturate groups is 1. The maximum atomic E-state index is 14.6. The van der Waals surface area contributed by atoms with Crippen molar-refractivity contribution in [3.05, 3.63) is 34.6 Å². The highest BCUT2D eigenvalue weighted by molar-refractivity contribution is 6.31. The summed E-state index contributed by atoms with van der Waals surface area (Å²) in [5, 5.41) is 3.96. The highest BCUT2D eigenvalue weighted by Crippen LogP contribution is 2.43. The van der Waals surface area contributed by atoms with Gasteiger partial charge in [-0.05, 0) is 50.0 Å². The van der Waals surface area contributed by atoms with Crippen LogP contribution in [0.15, 0.2) is 17.7 Å². The van der Waals surface area contributed by atoms with E-state index in [1.807, 2.05) is 22.6 Å². The molecule has 4 amide bonds. The molecule has 1 aromatic carbocycles. The van der Waals surface area contributed by atoms with Gasteiger partial charge in [-0.15, -0.1) is 0 Å². The molecule has 1 aromatic rings. The third-order valence-corrected chi connectivity index (χ3v) is 5.00. The van der Waals surface area contributed by atoms with Crippen molar-refractivity contribution in [3.63, 3.8) is 0 Å². The summed E-state index contributed by atoms with van der Waals surface area (Å²) >= 11 is 0. The Morgan fingerprint density at radius 3 is 2.40 bits per heavy atom. The Bertz CT molecular complexity index is 807. The Morgan fingerprint density at radius 1 is 1.20 bits per heavy atom. The fourth-order valence-corrected chi connectivity index (χ4v) is 3.48. The zero-order chi connectivity index (χ0) is 18.5. The second-order valence-corrected chi connectivity index (χ2v) is 7.20. The number of halogens is 1. The lowest BCUT2D eigenvalue weighted by atomic mass is 9.80. The fourth-order valence-electron chi connectivity index (χ4n) is 3.48. The standard InChI is InChI=1S/C18H20FN3O3/c1-9-8-18(2,3)22(4)14-7-13(19)10(5-11(9)14)6-12-15(23)20-17(25)21-16(12)24/h5-7,9H,8H2,1-4H3,(H2,20,21,23,24,25). The molecule has 3 rings (SSSR count). The number of hydrogen-bond donors (Lipinski definition) is 2. The summed E-state index contributed by atoms with van der Waals surface area (Å²) in [6.07, 6.45) is 2.08. The second kappa shape index (κ2) is 5.68. The van der Waals surface area contributed by atoms with Gasteiger partial charge in [-0.1, -0.05) is 6.92 Å². The summed E-state index contributed by atoms with van der Waals surface area (Å²) in [4.78, 5) is 36.8. The Labute approximate surface area is 145 Å². The van der Waals surface area contributed by atoms with Crippen LogP contribution in [0.3, 0.4) is 0 Å². The van der Waals surface area contributed by atoms with Gasteiger partial charge in [0, 0.05) is 23.8 Å². The minimum atomic E-state index is -0.879. The number of urea groups is 1. The minimum absolute atomic E-state index is 0.0949. The number of carbonyl (C=O) groups excluding carboxylic acids is 3. The van der Waals surface area contributed by atoms with Crippen molar-refractivity contribution < 1.29 is 18.8 Å². The Hall–Kier alpha value is -2.70. The van der Waals surface area contributed by atoms with Crippen LogP contribution in [0.5, 0.6) is 0 Å². The van der Waals surface area contributed by atoms with E-state index in [1.54, 1.807) is 6.07 Å². The molecule has 132 valence electrons. The van der Waals surface area contributed by atoms with Crippen LogP contribution in [0.4, 0.5) is 14.9 Å². The van der Waals surface area contributed by atoms with Gasteiger partial charge in [0.25, 0.3) is 11.8 Å². The van der Waals surface area contributed by atoms with Crippen molar-refractivity contribution in [2.24, 2.45) is 0 Å². The number of nitrogens with zero attached hydrogens (tertiary/aromatic N) is 1. The van der Waals surface area contributed by atoms with Gasteiger partial charge in [-0.2, -0.15) is 0 Å². The van der Waals surface area contributed by atoms with Gasteiger partial charge < -0.3 is 4.90 Å². The van der Waals surface area contributed by atoms with Crippen molar-refractivity contribution in [2.75, 3.05) is 11.9 Å². The third-order valence-electron chi connectivity index (χ3n) is 5.00. The fraction of sp³-hybridized carbons (Fsp3) is 0.389. The Morgan fingerprint density at radius 2 is 1.80 bits per heavy atom. The smallest absolute Gasteiger partial charge is 0.328 e. The molecule has 0 aromatic heterocycles. The second-order valence-electron chi connectivity index (χ2n) is 7.20. The number of anilines is 1. The van der Waals surface area contributed by atoms with Crippen molar-refractivity contribution in [3.8, 4) is 0 Å². The van der Waals surface area contributed by atoms with E-state index in [0.717, 1.165) is 17.7 Å². The summed E-state index contributed by atoms with van der Waals surface area (Å²) < 4.78 is 14.6. The molecule has 2 aliphatic heterocycles. The van der Waals surface area contributed by atoms with Gasteiger partial charge in [-0.3, -0.25) is 20.2 Å². The van der Waals surface area contributed by atoms with Crippen molar-refractivity contribution in [1.82, 2.24) is 10.6 Å². The molecule has 0 aliphatic carbocycles. The van der Waals surface area contributed by atoms with Gasteiger partial charge in [0.15, 0.2) is 0 Å². The lowest BCUT2D eigenvalue weighted by Crippen LogP contribution is -2.51. The number of amides is 4. The van der Waals surface area contributed by atoms with E-state index in [2.05, 4.69) is 20.8 Å². The van der Waals surface area contributed by atoms with Crippen molar-refractivity contribution >= 4 is 29.6 Å². The average Bonchev–Trinajstić information content (AvgIpc) is 2.49. The van der Waals surface area contributed by atoms with E-state index in [1.165, 1.54) is 12.1 Å². The first-order chi connectivity index (χ1) is 11.6. The van der Waals surface area contributed by atoms with Crippen molar-refractivity contribution in [2.45, 2.75) is 38.6 Å². The minimum Gasteiger partial charge on any atom is -0.369 e. The first-order valence-electron chi connectivity index (χ1n) is 8.06. The van der Waals surface area contributed by atoms with E-state index >= 15 is 0 Å². The molecule has 0 spiro atoms. The van der Waals surface area contributed by atoms with Gasteiger partial charge in [0.05, 0.1) is 0 Å². The first kappa shape index (κ1) is 17.1. The van der Waals surface area contributed by atoms with Crippen LogP contribution in [-0.2, 0) is 9.59 Å². The molecular formula is C18H20FN3O3. The molecule has 2 aliphatic rings. The van der Waals surface area contributed by atoms with E-state index in [9.17, 15) is 18.8 Å². The molecule has 2 heterocycles. The first-order valence-corrected chi connectivity index (χ1v) is 8.06. The number of nitrogens with one attached hydrogen (secondary N) is 2. The maximum absolute atomic E-state index is 14.6. The highest BCUT2D eigenvalue weighted by atomic mass is 19.1. The van der Waals surface area contributed by atoms with Gasteiger partial charge in [-0.25, -0.2) is 9.18 Å². The van der Waals surface area contributed by atoms with Crippen LogP contribution < -0.4 is 15.5 Å². The van der Waals surface area contributed by atoms with E-state index < -0.39 is 23.7 Å². The number of imide groups is 2.